The molecule has 0 aliphatic heterocycles. The summed E-state index contributed by atoms with van der Waals surface area (Å²) in [6.07, 6.45) is 7.26. The van der Waals surface area contributed by atoms with Gasteiger partial charge >= 0.3 is 0 Å². The summed E-state index contributed by atoms with van der Waals surface area (Å²) in [5.74, 6) is 0. The third-order valence-corrected chi connectivity index (χ3v) is 5.11. The zero-order valence-electron chi connectivity index (χ0n) is 7.15. The van der Waals surface area contributed by atoms with Crippen molar-refractivity contribution >= 4 is 20.2 Å². The zero-order chi connectivity index (χ0) is 7.45. The van der Waals surface area contributed by atoms with Gasteiger partial charge in [-0.1, -0.05) is 26.2 Å². The van der Waals surface area contributed by atoms with Crippen molar-refractivity contribution in [2.45, 2.75) is 44.1 Å². The molecule has 1 fully saturated rings. The van der Waals surface area contributed by atoms with Gasteiger partial charge in [0.05, 0.1) is 0 Å². The lowest BCUT2D eigenvalue weighted by Gasteiger charge is -2.32. The molecule has 0 spiro atoms. The molecule has 1 saturated carbocycles. The summed E-state index contributed by atoms with van der Waals surface area (Å²) >= 11 is 0. The topological polar surface area (TPSA) is 9.23 Å². The fraction of sp³-hybridized carbons (Fsp3) is 1.00. The molecule has 10 heavy (non-hydrogen) atoms. The van der Waals surface area contributed by atoms with Crippen molar-refractivity contribution in [1.82, 2.24) is 0 Å². The van der Waals surface area contributed by atoms with Crippen LogP contribution in [0.25, 0.3) is 0 Å². The van der Waals surface area contributed by atoms with Crippen LogP contribution in [0, 0.1) is 0 Å². The van der Waals surface area contributed by atoms with Gasteiger partial charge in [0.1, 0.15) is 10.5 Å². The summed E-state index contributed by atoms with van der Waals surface area (Å²) < 4.78 is 5.46. The Kier molecular flexibility index (Phi) is 3.13. The summed E-state index contributed by atoms with van der Waals surface area (Å²) in [7, 11) is 0.809. The van der Waals surface area contributed by atoms with Gasteiger partial charge in [0.2, 0.25) is 0 Å². The van der Waals surface area contributed by atoms with E-state index in [-0.39, 0.29) is 9.76 Å². The summed E-state index contributed by atoms with van der Waals surface area (Å²) in [5.41, 5.74) is 0. The molecule has 1 aliphatic carbocycles. The van der Waals surface area contributed by atoms with Crippen LogP contribution in [0.15, 0.2) is 0 Å². The largest absolute Gasteiger partial charge is 0.468 e. The SMILES string of the molecule is CC1([SiH2]O[SiH3])CCCCC1. The number of hydrogen-bond acceptors (Lipinski definition) is 1. The second-order valence-electron chi connectivity index (χ2n) is 3.80. The minimum absolute atomic E-state index is 0.159. The van der Waals surface area contributed by atoms with Crippen molar-refractivity contribution in [3.8, 4) is 0 Å². The molecule has 0 amide bonds. The van der Waals surface area contributed by atoms with Crippen LogP contribution >= 0.6 is 0 Å². The lowest BCUT2D eigenvalue weighted by molar-refractivity contribution is 0.377. The van der Waals surface area contributed by atoms with E-state index in [4.69, 9.17) is 4.12 Å². The maximum absolute atomic E-state index is 5.46. The third-order valence-electron chi connectivity index (χ3n) is 2.55. The highest BCUT2D eigenvalue weighted by atomic mass is 28.3. The van der Waals surface area contributed by atoms with Gasteiger partial charge in [-0.3, -0.25) is 0 Å². The standard InChI is InChI=1S/C7H18OSi2/c1-7(10-8-9)5-3-2-4-6-7/h2-6,10H2,1,9H3. The highest BCUT2D eigenvalue weighted by Crippen LogP contribution is 2.41. The van der Waals surface area contributed by atoms with Gasteiger partial charge in [-0.25, -0.2) is 0 Å². The summed E-state index contributed by atoms with van der Waals surface area (Å²) in [4.78, 5) is 0. The van der Waals surface area contributed by atoms with Gasteiger partial charge in [0, 0.05) is 0 Å². The Morgan fingerprint density at radius 2 is 1.90 bits per heavy atom. The Bertz CT molecular complexity index is 94.3. The van der Waals surface area contributed by atoms with Crippen LogP contribution in [0.5, 0.6) is 0 Å². The molecule has 0 saturated heterocycles. The van der Waals surface area contributed by atoms with Crippen LogP contribution in [0.2, 0.25) is 5.04 Å². The van der Waals surface area contributed by atoms with E-state index >= 15 is 0 Å². The van der Waals surface area contributed by atoms with Crippen LogP contribution in [0.1, 0.15) is 39.0 Å². The van der Waals surface area contributed by atoms with Gasteiger partial charge in [0.15, 0.2) is 9.76 Å². The Hall–Kier alpha value is 0.394. The molecule has 0 radical (unpaired) electrons. The van der Waals surface area contributed by atoms with Crippen molar-refractivity contribution in [1.29, 1.82) is 0 Å². The maximum Gasteiger partial charge on any atom is 0.151 e. The monoisotopic (exact) mass is 174 g/mol. The lowest BCUT2D eigenvalue weighted by Crippen LogP contribution is -2.21. The molecule has 0 N–H and O–H groups in total. The van der Waals surface area contributed by atoms with Crippen LogP contribution in [0.4, 0.5) is 0 Å². The highest BCUT2D eigenvalue weighted by Gasteiger charge is 2.26. The lowest BCUT2D eigenvalue weighted by atomic mass is 9.90. The van der Waals surface area contributed by atoms with E-state index in [1.165, 1.54) is 32.1 Å². The van der Waals surface area contributed by atoms with Crippen molar-refractivity contribution in [2.24, 2.45) is 0 Å². The normalized spacial score (nSPS) is 26.1. The smallest absolute Gasteiger partial charge is 0.151 e. The molecular weight excluding hydrogens is 156 g/mol. The van der Waals surface area contributed by atoms with E-state index < -0.39 is 0 Å². The Morgan fingerprint density at radius 3 is 2.40 bits per heavy atom. The molecule has 0 atom stereocenters. The first-order valence-electron chi connectivity index (χ1n) is 4.26. The van der Waals surface area contributed by atoms with Crippen molar-refractivity contribution in [3.63, 3.8) is 0 Å². The predicted octanol–water partition coefficient (Wildman–Crippen LogP) is 0.510. The van der Waals surface area contributed by atoms with E-state index in [0.717, 1.165) is 10.5 Å². The molecule has 0 heterocycles. The fourth-order valence-corrected chi connectivity index (χ4v) is 5.47. The van der Waals surface area contributed by atoms with E-state index in [0.29, 0.717) is 5.04 Å². The molecule has 0 bridgehead atoms. The average molecular weight is 174 g/mol. The van der Waals surface area contributed by atoms with Crippen molar-refractivity contribution < 1.29 is 4.12 Å². The minimum atomic E-state index is -0.159. The van der Waals surface area contributed by atoms with Crippen molar-refractivity contribution in [2.75, 3.05) is 0 Å². The van der Waals surface area contributed by atoms with Crippen LogP contribution < -0.4 is 0 Å². The molecule has 0 aromatic heterocycles. The molecule has 1 aliphatic rings. The molecule has 3 heteroatoms. The van der Waals surface area contributed by atoms with E-state index in [9.17, 15) is 0 Å². The van der Waals surface area contributed by atoms with Crippen LogP contribution in [-0.4, -0.2) is 20.2 Å². The van der Waals surface area contributed by atoms with E-state index in [1.54, 1.807) is 0 Å². The summed E-state index contributed by atoms with van der Waals surface area (Å²) in [6, 6.07) is 0. The Labute approximate surface area is 69.0 Å². The molecule has 60 valence electrons. The van der Waals surface area contributed by atoms with Crippen LogP contribution in [0.3, 0.4) is 0 Å². The van der Waals surface area contributed by atoms with Gasteiger partial charge in [-0.05, 0) is 17.9 Å². The fourth-order valence-electron chi connectivity index (χ4n) is 1.90. The number of rotatable bonds is 2. The van der Waals surface area contributed by atoms with E-state index in [2.05, 4.69) is 6.92 Å². The van der Waals surface area contributed by atoms with Crippen LogP contribution in [-0.2, 0) is 4.12 Å². The first kappa shape index (κ1) is 8.49. The highest BCUT2D eigenvalue weighted by molar-refractivity contribution is 6.38. The first-order chi connectivity index (χ1) is 4.77. The average Bonchev–Trinajstić information content (AvgIpc) is 1.89. The zero-order valence-corrected chi connectivity index (χ0v) is 10.6. The molecular formula is C7H18OSi2. The van der Waals surface area contributed by atoms with Crippen molar-refractivity contribution in [3.05, 3.63) is 0 Å². The Balaban J connectivity index is 2.32. The molecule has 1 nitrogen and oxygen atoms in total. The molecule has 0 aromatic rings. The number of hydrogen-bond donors (Lipinski definition) is 0. The minimum Gasteiger partial charge on any atom is -0.468 e. The van der Waals surface area contributed by atoms with Gasteiger partial charge in [-0.15, -0.1) is 0 Å². The maximum atomic E-state index is 5.46. The quantitative estimate of drug-likeness (QED) is 0.554. The van der Waals surface area contributed by atoms with Gasteiger partial charge in [-0.2, -0.15) is 0 Å². The second kappa shape index (κ2) is 3.69. The first-order valence-corrected chi connectivity index (χ1v) is 6.36. The molecule has 0 aromatic carbocycles. The van der Waals surface area contributed by atoms with Gasteiger partial charge in [0.25, 0.3) is 0 Å². The molecule has 0 unspecified atom stereocenters. The summed E-state index contributed by atoms with van der Waals surface area (Å²) in [6.45, 7) is 2.43. The summed E-state index contributed by atoms with van der Waals surface area (Å²) in [5, 5.41) is 0.681. The predicted molar refractivity (Wildman–Crippen MR) is 51.0 cm³/mol. The third kappa shape index (κ3) is 2.21. The van der Waals surface area contributed by atoms with E-state index in [1.807, 2.05) is 0 Å². The Morgan fingerprint density at radius 1 is 1.30 bits per heavy atom. The molecule has 1 rings (SSSR count). The van der Waals surface area contributed by atoms with Gasteiger partial charge < -0.3 is 4.12 Å². The second-order valence-corrected chi connectivity index (χ2v) is 8.11.